The van der Waals surface area contributed by atoms with Crippen LogP contribution in [0.2, 0.25) is 0 Å². The third kappa shape index (κ3) is 4.81. The molecule has 0 fully saturated rings. The molecule has 1 unspecified atom stereocenters. The molecule has 1 N–H and O–H groups in total. The van der Waals surface area contributed by atoms with E-state index in [1.807, 2.05) is 0 Å². The molecular weight excluding hydrogens is 300 g/mol. The number of hydrogen-bond donors (Lipinski definition) is 1. The van der Waals surface area contributed by atoms with Gasteiger partial charge in [-0.1, -0.05) is 26.8 Å². The van der Waals surface area contributed by atoms with Gasteiger partial charge in [0, 0.05) is 29.6 Å². The van der Waals surface area contributed by atoms with Crippen LogP contribution in [-0.4, -0.2) is 18.6 Å². The summed E-state index contributed by atoms with van der Waals surface area (Å²) in [5.41, 5.74) is 2.62. The van der Waals surface area contributed by atoms with Crippen LogP contribution >= 0.6 is 15.9 Å². The Hall–Kier alpha value is -0.540. The number of halogens is 1. The SMILES string of the molecule is CCC(C)N(CC)c1ccc(CNC(C)C)cc1Br. The van der Waals surface area contributed by atoms with Gasteiger partial charge in [0.2, 0.25) is 0 Å². The molecule has 0 bridgehead atoms. The Morgan fingerprint density at radius 1 is 1.21 bits per heavy atom. The van der Waals surface area contributed by atoms with Crippen molar-refractivity contribution in [2.75, 3.05) is 11.4 Å². The van der Waals surface area contributed by atoms with Crippen molar-refractivity contribution in [3.05, 3.63) is 28.2 Å². The number of benzene rings is 1. The maximum atomic E-state index is 3.72. The highest BCUT2D eigenvalue weighted by Gasteiger charge is 2.14. The first kappa shape index (κ1) is 16.5. The minimum absolute atomic E-state index is 0.519. The van der Waals surface area contributed by atoms with E-state index in [0.717, 1.165) is 19.5 Å². The van der Waals surface area contributed by atoms with E-state index < -0.39 is 0 Å². The third-order valence-corrected chi connectivity index (χ3v) is 4.13. The Balaban J connectivity index is 2.86. The molecule has 1 aromatic rings. The number of nitrogens with one attached hydrogen (secondary N) is 1. The summed E-state index contributed by atoms with van der Waals surface area (Å²) in [6, 6.07) is 7.78. The average molecular weight is 327 g/mol. The summed E-state index contributed by atoms with van der Waals surface area (Å²) < 4.78 is 1.19. The first-order chi connectivity index (χ1) is 8.99. The lowest BCUT2D eigenvalue weighted by molar-refractivity contribution is 0.588. The second-order valence-corrected chi connectivity index (χ2v) is 6.22. The van der Waals surface area contributed by atoms with E-state index in [-0.39, 0.29) is 0 Å². The molecule has 108 valence electrons. The molecule has 19 heavy (non-hydrogen) atoms. The summed E-state index contributed by atoms with van der Waals surface area (Å²) >= 11 is 3.72. The van der Waals surface area contributed by atoms with Crippen molar-refractivity contribution in [3.63, 3.8) is 0 Å². The molecular formula is C16H27BrN2. The van der Waals surface area contributed by atoms with Gasteiger partial charge in [0.25, 0.3) is 0 Å². The molecule has 1 aromatic carbocycles. The minimum atomic E-state index is 0.519. The molecule has 0 saturated heterocycles. The summed E-state index contributed by atoms with van der Waals surface area (Å²) in [5, 5.41) is 3.45. The zero-order valence-corrected chi connectivity index (χ0v) is 14.4. The van der Waals surface area contributed by atoms with Crippen molar-refractivity contribution in [3.8, 4) is 0 Å². The van der Waals surface area contributed by atoms with E-state index in [9.17, 15) is 0 Å². The molecule has 1 atom stereocenters. The largest absolute Gasteiger partial charge is 0.368 e. The fraction of sp³-hybridized carbons (Fsp3) is 0.625. The van der Waals surface area contributed by atoms with Crippen molar-refractivity contribution < 1.29 is 0 Å². The van der Waals surface area contributed by atoms with Gasteiger partial charge < -0.3 is 10.2 Å². The first-order valence-corrected chi connectivity index (χ1v) is 8.07. The maximum Gasteiger partial charge on any atom is 0.0513 e. The molecule has 0 aliphatic carbocycles. The summed E-state index contributed by atoms with van der Waals surface area (Å²) in [5.74, 6) is 0. The van der Waals surface area contributed by atoms with Crippen molar-refractivity contribution >= 4 is 21.6 Å². The Bertz CT molecular complexity index is 390. The van der Waals surface area contributed by atoms with Gasteiger partial charge in [0.15, 0.2) is 0 Å². The highest BCUT2D eigenvalue weighted by Crippen LogP contribution is 2.29. The summed E-state index contributed by atoms with van der Waals surface area (Å²) in [4.78, 5) is 2.45. The molecule has 0 aliphatic rings. The van der Waals surface area contributed by atoms with E-state index in [2.05, 4.69) is 79.0 Å². The molecule has 3 heteroatoms. The fourth-order valence-electron chi connectivity index (χ4n) is 2.16. The predicted molar refractivity (Wildman–Crippen MR) is 88.9 cm³/mol. The Kier molecular flexibility index (Phi) is 6.87. The smallest absolute Gasteiger partial charge is 0.0513 e. The van der Waals surface area contributed by atoms with E-state index in [1.54, 1.807) is 0 Å². The van der Waals surface area contributed by atoms with E-state index in [4.69, 9.17) is 0 Å². The fourth-order valence-corrected chi connectivity index (χ4v) is 2.81. The quantitative estimate of drug-likeness (QED) is 0.789. The van der Waals surface area contributed by atoms with Crippen molar-refractivity contribution in [1.29, 1.82) is 0 Å². The van der Waals surface area contributed by atoms with Gasteiger partial charge in [-0.25, -0.2) is 0 Å². The standard InChI is InChI=1S/C16H27BrN2/c1-6-13(5)19(7-2)16-9-8-14(10-15(16)17)11-18-12(3)4/h8-10,12-13,18H,6-7,11H2,1-5H3. The van der Waals surface area contributed by atoms with Gasteiger partial charge in [-0.05, 0) is 53.9 Å². The molecule has 1 rings (SSSR count). The number of nitrogens with zero attached hydrogens (tertiary/aromatic N) is 1. The van der Waals surface area contributed by atoms with Gasteiger partial charge in [-0.3, -0.25) is 0 Å². The molecule has 0 aliphatic heterocycles. The summed E-state index contributed by atoms with van der Waals surface area (Å²) in [6.45, 7) is 13.0. The van der Waals surface area contributed by atoms with Crippen LogP contribution in [0.4, 0.5) is 5.69 Å². The van der Waals surface area contributed by atoms with Crippen LogP contribution in [0.3, 0.4) is 0 Å². The number of anilines is 1. The van der Waals surface area contributed by atoms with Gasteiger partial charge in [-0.15, -0.1) is 0 Å². The predicted octanol–water partition coefficient (Wildman–Crippen LogP) is 4.57. The third-order valence-electron chi connectivity index (χ3n) is 3.50. The maximum absolute atomic E-state index is 3.72. The van der Waals surface area contributed by atoms with Crippen molar-refractivity contribution in [2.24, 2.45) is 0 Å². The normalized spacial score (nSPS) is 12.8. The van der Waals surface area contributed by atoms with Crippen LogP contribution < -0.4 is 10.2 Å². The first-order valence-electron chi connectivity index (χ1n) is 7.28. The van der Waals surface area contributed by atoms with E-state index >= 15 is 0 Å². The van der Waals surface area contributed by atoms with E-state index in [0.29, 0.717) is 12.1 Å². The van der Waals surface area contributed by atoms with Gasteiger partial charge >= 0.3 is 0 Å². The Labute approximate surface area is 126 Å². The topological polar surface area (TPSA) is 15.3 Å². The average Bonchev–Trinajstić information content (AvgIpc) is 2.38. The zero-order valence-electron chi connectivity index (χ0n) is 12.8. The zero-order chi connectivity index (χ0) is 14.4. The van der Waals surface area contributed by atoms with Gasteiger partial charge in [0.05, 0.1) is 5.69 Å². The highest BCUT2D eigenvalue weighted by atomic mass is 79.9. The van der Waals surface area contributed by atoms with Crippen LogP contribution in [-0.2, 0) is 6.54 Å². The molecule has 0 heterocycles. The van der Waals surface area contributed by atoms with Crippen LogP contribution in [0.25, 0.3) is 0 Å². The van der Waals surface area contributed by atoms with Gasteiger partial charge in [0.1, 0.15) is 0 Å². The van der Waals surface area contributed by atoms with Crippen molar-refractivity contribution in [1.82, 2.24) is 5.32 Å². The van der Waals surface area contributed by atoms with Crippen molar-refractivity contribution in [2.45, 2.75) is 59.7 Å². The van der Waals surface area contributed by atoms with E-state index in [1.165, 1.54) is 15.7 Å². The van der Waals surface area contributed by atoms with Crippen LogP contribution in [0.1, 0.15) is 46.6 Å². The number of hydrogen-bond acceptors (Lipinski definition) is 2. The lowest BCUT2D eigenvalue weighted by Gasteiger charge is -2.30. The summed E-state index contributed by atoms with van der Waals surface area (Å²) in [7, 11) is 0. The molecule has 0 aromatic heterocycles. The monoisotopic (exact) mass is 326 g/mol. The Morgan fingerprint density at radius 3 is 2.37 bits per heavy atom. The molecule has 0 amide bonds. The lowest BCUT2D eigenvalue weighted by Crippen LogP contribution is -2.32. The summed E-state index contributed by atoms with van der Waals surface area (Å²) in [6.07, 6.45) is 1.16. The van der Waals surface area contributed by atoms with Gasteiger partial charge in [-0.2, -0.15) is 0 Å². The van der Waals surface area contributed by atoms with Crippen LogP contribution in [0.5, 0.6) is 0 Å². The molecule has 0 saturated carbocycles. The minimum Gasteiger partial charge on any atom is -0.368 e. The molecule has 0 radical (unpaired) electrons. The molecule has 2 nitrogen and oxygen atoms in total. The molecule has 0 spiro atoms. The highest BCUT2D eigenvalue weighted by molar-refractivity contribution is 9.10. The lowest BCUT2D eigenvalue weighted by atomic mass is 10.1. The Morgan fingerprint density at radius 2 is 1.89 bits per heavy atom. The van der Waals surface area contributed by atoms with Crippen LogP contribution in [0, 0.1) is 0 Å². The second-order valence-electron chi connectivity index (χ2n) is 5.36. The second kappa shape index (κ2) is 7.91. The number of rotatable bonds is 7. The van der Waals surface area contributed by atoms with Crippen LogP contribution in [0.15, 0.2) is 22.7 Å².